The van der Waals surface area contributed by atoms with Gasteiger partial charge in [-0.1, -0.05) is 23.5 Å². The number of hydrogen-bond acceptors (Lipinski definition) is 6. The molecule has 1 amide bonds. The quantitative estimate of drug-likeness (QED) is 0.574. The number of nitrogens with one attached hydrogen (secondary N) is 1. The van der Waals surface area contributed by atoms with Crippen molar-refractivity contribution in [3.05, 3.63) is 63.7 Å². The van der Waals surface area contributed by atoms with Gasteiger partial charge >= 0.3 is 0 Å². The summed E-state index contributed by atoms with van der Waals surface area (Å²) in [4.78, 5) is 29.1. The number of benzene rings is 1. The van der Waals surface area contributed by atoms with Crippen molar-refractivity contribution in [2.45, 2.75) is 27.3 Å². The van der Waals surface area contributed by atoms with E-state index in [1.807, 2.05) is 45.0 Å². The van der Waals surface area contributed by atoms with E-state index in [0.717, 1.165) is 31.8 Å². The minimum Gasteiger partial charge on any atom is -0.300 e. The fourth-order valence-electron chi connectivity index (χ4n) is 2.96. The molecule has 0 aliphatic rings. The van der Waals surface area contributed by atoms with E-state index >= 15 is 0 Å². The van der Waals surface area contributed by atoms with Gasteiger partial charge < -0.3 is 5.32 Å². The molecule has 3 heterocycles. The summed E-state index contributed by atoms with van der Waals surface area (Å²) in [5, 5.41) is 11.9. The van der Waals surface area contributed by atoms with Crippen molar-refractivity contribution in [3.63, 3.8) is 0 Å². The highest BCUT2D eigenvalue weighted by Crippen LogP contribution is 2.27. The minimum atomic E-state index is -0.364. The summed E-state index contributed by atoms with van der Waals surface area (Å²) in [6, 6.07) is 10.8. The molecule has 142 valence electrons. The van der Waals surface area contributed by atoms with Crippen LogP contribution in [0.15, 0.2) is 41.2 Å². The lowest BCUT2D eigenvalue weighted by molar-refractivity contribution is -0.117. The maximum Gasteiger partial charge on any atom is 0.267 e. The molecule has 1 aromatic carbocycles. The first-order valence-electron chi connectivity index (χ1n) is 8.68. The molecule has 0 unspecified atom stereocenters. The number of rotatable bonds is 4. The summed E-state index contributed by atoms with van der Waals surface area (Å²) in [6.07, 6.45) is 0. The molecule has 0 atom stereocenters. The second-order valence-electron chi connectivity index (χ2n) is 6.52. The lowest BCUT2D eigenvalue weighted by Gasteiger charge is -2.08. The highest BCUT2D eigenvalue weighted by atomic mass is 32.1. The smallest absolute Gasteiger partial charge is 0.267 e. The summed E-state index contributed by atoms with van der Waals surface area (Å²) in [7, 11) is 0. The van der Waals surface area contributed by atoms with Gasteiger partial charge in [-0.15, -0.1) is 5.10 Å². The molecule has 8 nitrogen and oxygen atoms in total. The largest absolute Gasteiger partial charge is 0.300 e. The lowest BCUT2D eigenvalue weighted by Crippen LogP contribution is -2.30. The van der Waals surface area contributed by atoms with Crippen molar-refractivity contribution < 1.29 is 4.79 Å². The number of carbonyl (C=O) groups is 1. The van der Waals surface area contributed by atoms with Crippen molar-refractivity contribution in [1.82, 2.24) is 24.5 Å². The van der Waals surface area contributed by atoms with Crippen LogP contribution in [-0.2, 0) is 11.3 Å². The van der Waals surface area contributed by atoms with E-state index in [2.05, 4.69) is 20.5 Å². The second-order valence-corrected chi connectivity index (χ2v) is 7.55. The van der Waals surface area contributed by atoms with Gasteiger partial charge in [0.05, 0.1) is 15.9 Å². The summed E-state index contributed by atoms with van der Waals surface area (Å²) < 4.78 is 3.76. The predicted octanol–water partition coefficient (Wildman–Crippen LogP) is 2.60. The molecule has 0 spiro atoms. The number of fused-ring (bicyclic) bond motifs is 1. The Bertz CT molecular complexity index is 1250. The fraction of sp³-hybridized carbons (Fsp3) is 0.211. The number of amides is 1. The molecule has 1 N–H and O–H groups in total. The summed E-state index contributed by atoms with van der Waals surface area (Å²) in [6.45, 7) is 5.55. The zero-order valence-electron chi connectivity index (χ0n) is 15.6. The lowest BCUT2D eigenvalue weighted by atomic mass is 10.2. The van der Waals surface area contributed by atoms with Crippen molar-refractivity contribution in [3.8, 4) is 5.82 Å². The van der Waals surface area contributed by atoms with Crippen LogP contribution in [0, 0.1) is 20.8 Å². The third-order valence-corrected chi connectivity index (χ3v) is 5.18. The van der Waals surface area contributed by atoms with Crippen LogP contribution in [0.2, 0.25) is 0 Å². The van der Waals surface area contributed by atoms with Crippen LogP contribution in [-0.4, -0.2) is 30.5 Å². The van der Waals surface area contributed by atoms with Crippen LogP contribution >= 0.6 is 11.3 Å². The molecule has 0 aliphatic heterocycles. The number of carbonyl (C=O) groups excluding carboxylic acids is 1. The van der Waals surface area contributed by atoms with Crippen LogP contribution < -0.4 is 10.9 Å². The van der Waals surface area contributed by atoms with Gasteiger partial charge in [0.15, 0.2) is 10.9 Å². The predicted molar refractivity (Wildman–Crippen MR) is 108 cm³/mol. The highest BCUT2D eigenvalue weighted by molar-refractivity contribution is 7.22. The van der Waals surface area contributed by atoms with Gasteiger partial charge in [-0.3, -0.25) is 9.59 Å². The van der Waals surface area contributed by atoms with Crippen molar-refractivity contribution >= 4 is 32.6 Å². The van der Waals surface area contributed by atoms with Crippen LogP contribution in [0.4, 0.5) is 5.13 Å². The van der Waals surface area contributed by atoms with E-state index in [0.29, 0.717) is 10.9 Å². The summed E-state index contributed by atoms with van der Waals surface area (Å²) in [5.41, 5.74) is 3.29. The van der Waals surface area contributed by atoms with E-state index in [1.165, 1.54) is 17.4 Å². The summed E-state index contributed by atoms with van der Waals surface area (Å²) >= 11 is 1.39. The van der Waals surface area contributed by atoms with Gasteiger partial charge in [-0.2, -0.15) is 5.10 Å². The minimum absolute atomic E-state index is 0.207. The first-order valence-corrected chi connectivity index (χ1v) is 9.50. The summed E-state index contributed by atoms with van der Waals surface area (Å²) in [5.74, 6) is 0.116. The van der Waals surface area contributed by atoms with Gasteiger partial charge in [0.25, 0.3) is 5.56 Å². The highest BCUT2D eigenvalue weighted by Gasteiger charge is 2.13. The maximum absolute atomic E-state index is 12.4. The topological polar surface area (TPSA) is 94.7 Å². The monoisotopic (exact) mass is 394 g/mol. The molecule has 28 heavy (non-hydrogen) atoms. The molecule has 4 rings (SSSR count). The first-order chi connectivity index (χ1) is 13.4. The molecule has 0 radical (unpaired) electrons. The Morgan fingerprint density at radius 1 is 1.14 bits per heavy atom. The van der Waals surface area contributed by atoms with Gasteiger partial charge in [0, 0.05) is 11.8 Å². The Morgan fingerprint density at radius 3 is 2.68 bits per heavy atom. The van der Waals surface area contributed by atoms with E-state index in [4.69, 9.17) is 0 Å². The molecular weight excluding hydrogens is 376 g/mol. The van der Waals surface area contributed by atoms with Crippen LogP contribution in [0.3, 0.4) is 0 Å². The number of para-hydroxylation sites is 1. The Hall–Kier alpha value is -3.33. The van der Waals surface area contributed by atoms with Crippen LogP contribution in [0.25, 0.3) is 16.0 Å². The van der Waals surface area contributed by atoms with Crippen LogP contribution in [0.1, 0.15) is 17.0 Å². The normalized spacial score (nSPS) is 11.1. The Labute approximate surface area is 164 Å². The molecule has 0 saturated heterocycles. The van der Waals surface area contributed by atoms with E-state index in [9.17, 15) is 9.59 Å². The zero-order valence-corrected chi connectivity index (χ0v) is 16.4. The number of hydrogen-bond donors (Lipinski definition) is 1. The van der Waals surface area contributed by atoms with E-state index in [1.54, 1.807) is 10.7 Å². The molecule has 4 aromatic rings. The molecular formula is C19H18N6O2S. The molecule has 3 aromatic heterocycles. The first kappa shape index (κ1) is 18.1. The molecule has 0 aliphatic carbocycles. The second kappa shape index (κ2) is 7.01. The average molecular weight is 394 g/mol. The SMILES string of the molecule is Cc1cc(C)n(-c2ccc(=O)n(CC(=O)Nc3nc4c(C)cccc4s3)n2)n1. The zero-order chi connectivity index (χ0) is 19.8. The molecule has 0 bridgehead atoms. The van der Waals surface area contributed by atoms with Crippen molar-refractivity contribution in [2.24, 2.45) is 0 Å². The third-order valence-electron chi connectivity index (χ3n) is 4.24. The number of nitrogens with zero attached hydrogens (tertiary/aromatic N) is 5. The maximum atomic E-state index is 12.4. The van der Waals surface area contributed by atoms with Gasteiger partial charge in [-0.25, -0.2) is 14.3 Å². The molecule has 0 fully saturated rings. The van der Waals surface area contributed by atoms with E-state index in [-0.39, 0.29) is 18.0 Å². The Morgan fingerprint density at radius 2 is 1.96 bits per heavy atom. The van der Waals surface area contributed by atoms with Crippen molar-refractivity contribution in [1.29, 1.82) is 0 Å². The number of anilines is 1. The van der Waals surface area contributed by atoms with Gasteiger partial charge in [0.1, 0.15) is 6.54 Å². The third kappa shape index (κ3) is 3.44. The van der Waals surface area contributed by atoms with E-state index < -0.39 is 0 Å². The van der Waals surface area contributed by atoms with Gasteiger partial charge in [0.2, 0.25) is 5.91 Å². The van der Waals surface area contributed by atoms with Crippen molar-refractivity contribution in [2.75, 3.05) is 5.32 Å². The van der Waals surface area contributed by atoms with Gasteiger partial charge in [-0.05, 0) is 44.5 Å². The standard InChI is InChI=1S/C19H18N6O2S/c1-11-5-4-6-14-18(11)21-19(28-14)20-16(26)10-24-17(27)8-7-15(23-24)25-13(3)9-12(2)22-25/h4-9H,10H2,1-3H3,(H,20,21,26). The van der Waals surface area contributed by atoms with Crippen LogP contribution in [0.5, 0.6) is 0 Å². The molecule has 9 heteroatoms. The molecule has 0 saturated carbocycles. The number of aryl methyl sites for hydroxylation is 3. The Kier molecular flexibility index (Phi) is 4.52. The number of aromatic nitrogens is 5. The number of thiazole rings is 1. The fourth-order valence-corrected chi connectivity index (χ4v) is 3.92. The average Bonchev–Trinajstić information content (AvgIpc) is 3.20. The Balaban J connectivity index is 1.57.